The van der Waals surface area contributed by atoms with Gasteiger partial charge < -0.3 is 15.2 Å². The van der Waals surface area contributed by atoms with Crippen molar-refractivity contribution in [1.29, 1.82) is 0 Å². The Morgan fingerprint density at radius 3 is 2.65 bits per heavy atom. The number of ether oxygens (including phenoxy) is 1. The summed E-state index contributed by atoms with van der Waals surface area (Å²) in [6.07, 6.45) is 0.763. The Morgan fingerprint density at radius 2 is 2.05 bits per heavy atom. The lowest BCUT2D eigenvalue weighted by atomic mass is 10.0. The molecule has 20 heavy (non-hydrogen) atoms. The van der Waals surface area contributed by atoms with Gasteiger partial charge in [-0.15, -0.1) is 0 Å². The number of rotatable bonds is 7. The molecule has 0 spiro atoms. The number of benzene rings is 1. The van der Waals surface area contributed by atoms with Crippen LogP contribution in [0.25, 0.3) is 0 Å². The van der Waals surface area contributed by atoms with Crippen LogP contribution in [-0.4, -0.2) is 29.1 Å². The first-order valence-corrected chi connectivity index (χ1v) is 6.57. The molecule has 110 valence electrons. The number of hydrogen-bond acceptors (Lipinski definition) is 3. The van der Waals surface area contributed by atoms with Crippen molar-refractivity contribution in [2.75, 3.05) is 6.61 Å². The molecule has 0 saturated heterocycles. The zero-order valence-corrected chi connectivity index (χ0v) is 12.1. The molecule has 5 nitrogen and oxygen atoms in total. The van der Waals surface area contributed by atoms with Crippen molar-refractivity contribution in [1.82, 2.24) is 5.32 Å². The molecule has 0 atom stereocenters. The van der Waals surface area contributed by atoms with Gasteiger partial charge in [-0.25, -0.2) is 0 Å². The average molecular weight is 279 g/mol. The number of carbonyl (C=O) groups is 2. The van der Waals surface area contributed by atoms with Crippen molar-refractivity contribution in [2.45, 2.75) is 39.2 Å². The monoisotopic (exact) mass is 279 g/mol. The highest BCUT2D eigenvalue weighted by Crippen LogP contribution is 2.14. The normalized spacial score (nSPS) is 10.9. The van der Waals surface area contributed by atoms with Gasteiger partial charge in [0, 0.05) is 5.54 Å². The van der Waals surface area contributed by atoms with Gasteiger partial charge >= 0.3 is 5.97 Å². The number of nitrogens with one attached hydrogen (secondary N) is 1. The van der Waals surface area contributed by atoms with Crippen molar-refractivity contribution in [3.8, 4) is 5.75 Å². The molecular formula is C15H21NO4. The van der Waals surface area contributed by atoms with Gasteiger partial charge in [-0.05, 0) is 38.0 Å². The summed E-state index contributed by atoms with van der Waals surface area (Å²) in [7, 11) is 0. The summed E-state index contributed by atoms with van der Waals surface area (Å²) in [5.74, 6) is -0.652. The maximum atomic E-state index is 11.7. The van der Waals surface area contributed by atoms with E-state index >= 15 is 0 Å². The second-order valence-electron chi connectivity index (χ2n) is 5.29. The molecule has 1 rings (SSSR count). The van der Waals surface area contributed by atoms with Crippen molar-refractivity contribution >= 4 is 11.9 Å². The van der Waals surface area contributed by atoms with Gasteiger partial charge in [0.05, 0.1) is 6.42 Å². The maximum absolute atomic E-state index is 11.7. The van der Waals surface area contributed by atoms with Crippen LogP contribution in [0.5, 0.6) is 5.75 Å². The zero-order chi connectivity index (χ0) is 15.2. The first-order valence-electron chi connectivity index (χ1n) is 6.57. The van der Waals surface area contributed by atoms with E-state index in [-0.39, 0.29) is 18.9 Å². The molecule has 0 aromatic heterocycles. The Balaban J connectivity index is 2.48. The number of carbonyl (C=O) groups excluding carboxylic acids is 1. The van der Waals surface area contributed by atoms with Crippen LogP contribution in [0.1, 0.15) is 32.8 Å². The smallest absolute Gasteiger partial charge is 0.305 e. The Morgan fingerprint density at radius 1 is 1.35 bits per heavy atom. The summed E-state index contributed by atoms with van der Waals surface area (Å²) in [5, 5.41) is 11.4. The van der Waals surface area contributed by atoms with Gasteiger partial charge in [-0.2, -0.15) is 0 Å². The zero-order valence-electron chi connectivity index (χ0n) is 12.1. The third-order valence-electron chi connectivity index (χ3n) is 2.75. The SMILES string of the molecule is CCc1cccc(OCC(=O)NC(C)(C)CC(=O)O)c1. The van der Waals surface area contributed by atoms with E-state index < -0.39 is 11.5 Å². The molecule has 0 aliphatic rings. The molecule has 0 saturated carbocycles. The molecule has 0 fully saturated rings. The molecule has 0 aliphatic heterocycles. The Kier molecular flexibility index (Phi) is 5.55. The number of amides is 1. The number of aryl methyl sites for hydroxylation is 1. The van der Waals surface area contributed by atoms with Crippen molar-refractivity contribution in [2.24, 2.45) is 0 Å². The molecular weight excluding hydrogens is 258 g/mol. The predicted molar refractivity (Wildman–Crippen MR) is 75.8 cm³/mol. The molecule has 5 heteroatoms. The number of aliphatic carboxylic acids is 1. The molecule has 2 N–H and O–H groups in total. The summed E-state index contributed by atoms with van der Waals surface area (Å²) < 4.78 is 5.40. The van der Waals surface area contributed by atoms with Gasteiger partial charge in [-0.3, -0.25) is 9.59 Å². The molecule has 1 amide bonds. The lowest BCUT2D eigenvalue weighted by Crippen LogP contribution is -2.46. The maximum Gasteiger partial charge on any atom is 0.305 e. The Labute approximate surface area is 118 Å². The van der Waals surface area contributed by atoms with Crippen molar-refractivity contribution in [3.63, 3.8) is 0 Å². The largest absolute Gasteiger partial charge is 0.484 e. The molecule has 1 aromatic rings. The Hall–Kier alpha value is -2.04. The summed E-state index contributed by atoms with van der Waals surface area (Å²) in [6.45, 7) is 5.24. The van der Waals surface area contributed by atoms with Crippen LogP contribution >= 0.6 is 0 Å². The van der Waals surface area contributed by atoms with Crippen LogP contribution in [-0.2, 0) is 16.0 Å². The standard InChI is InChI=1S/C15H21NO4/c1-4-11-6-5-7-12(8-11)20-10-13(17)16-15(2,3)9-14(18)19/h5-8H,4,9-10H2,1-3H3,(H,16,17)(H,18,19). The first kappa shape index (κ1) is 16.0. The molecule has 0 bridgehead atoms. The first-order chi connectivity index (χ1) is 9.32. The molecule has 1 aromatic carbocycles. The van der Waals surface area contributed by atoms with Crippen LogP contribution in [0.15, 0.2) is 24.3 Å². The highest BCUT2D eigenvalue weighted by atomic mass is 16.5. The van der Waals surface area contributed by atoms with Crippen LogP contribution in [0, 0.1) is 0 Å². The fourth-order valence-electron chi connectivity index (χ4n) is 1.84. The number of hydrogen-bond donors (Lipinski definition) is 2. The minimum atomic E-state index is -0.952. The molecule has 0 heterocycles. The highest BCUT2D eigenvalue weighted by Gasteiger charge is 2.23. The van der Waals surface area contributed by atoms with E-state index in [4.69, 9.17) is 9.84 Å². The van der Waals surface area contributed by atoms with E-state index in [9.17, 15) is 9.59 Å². The lowest BCUT2D eigenvalue weighted by molar-refractivity contribution is -0.138. The predicted octanol–water partition coefficient (Wildman–Crippen LogP) is 2.00. The summed E-state index contributed by atoms with van der Waals surface area (Å²) in [6, 6.07) is 7.54. The highest BCUT2D eigenvalue weighted by molar-refractivity contribution is 5.79. The van der Waals surface area contributed by atoms with Crippen LogP contribution in [0.3, 0.4) is 0 Å². The fourth-order valence-corrected chi connectivity index (χ4v) is 1.84. The van der Waals surface area contributed by atoms with Gasteiger partial charge in [0.15, 0.2) is 6.61 Å². The van der Waals surface area contributed by atoms with Crippen LogP contribution < -0.4 is 10.1 Å². The minimum Gasteiger partial charge on any atom is -0.484 e. The van der Waals surface area contributed by atoms with E-state index in [0.29, 0.717) is 5.75 Å². The topological polar surface area (TPSA) is 75.6 Å². The van der Waals surface area contributed by atoms with Gasteiger partial charge in [0.25, 0.3) is 5.91 Å². The fraction of sp³-hybridized carbons (Fsp3) is 0.467. The summed E-state index contributed by atoms with van der Waals surface area (Å²) in [4.78, 5) is 22.4. The molecule has 0 aliphatic carbocycles. The van der Waals surface area contributed by atoms with E-state index in [2.05, 4.69) is 5.32 Å². The van der Waals surface area contributed by atoms with E-state index in [1.807, 2.05) is 25.1 Å². The third-order valence-corrected chi connectivity index (χ3v) is 2.75. The number of carboxylic acids is 1. The minimum absolute atomic E-state index is 0.129. The second-order valence-corrected chi connectivity index (χ2v) is 5.29. The van der Waals surface area contributed by atoms with Crippen molar-refractivity contribution < 1.29 is 19.4 Å². The van der Waals surface area contributed by atoms with Gasteiger partial charge in [0.1, 0.15) is 5.75 Å². The quantitative estimate of drug-likeness (QED) is 0.800. The van der Waals surface area contributed by atoms with Crippen molar-refractivity contribution in [3.05, 3.63) is 29.8 Å². The third kappa shape index (κ3) is 5.73. The van der Waals surface area contributed by atoms with E-state index in [1.165, 1.54) is 0 Å². The van der Waals surface area contributed by atoms with Gasteiger partial charge in [0.2, 0.25) is 0 Å². The average Bonchev–Trinajstić information content (AvgIpc) is 2.34. The molecule has 0 unspecified atom stereocenters. The summed E-state index contributed by atoms with van der Waals surface area (Å²) in [5.41, 5.74) is 0.339. The van der Waals surface area contributed by atoms with E-state index in [1.54, 1.807) is 19.9 Å². The van der Waals surface area contributed by atoms with E-state index in [0.717, 1.165) is 12.0 Å². The van der Waals surface area contributed by atoms with Crippen LogP contribution in [0.2, 0.25) is 0 Å². The molecule has 0 radical (unpaired) electrons. The second kappa shape index (κ2) is 6.93. The lowest BCUT2D eigenvalue weighted by Gasteiger charge is -2.24. The number of carboxylic acid groups (broad SMARTS) is 1. The van der Waals surface area contributed by atoms with Crippen LogP contribution in [0.4, 0.5) is 0 Å². The summed E-state index contributed by atoms with van der Waals surface area (Å²) >= 11 is 0. The van der Waals surface area contributed by atoms with Gasteiger partial charge in [-0.1, -0.05) is 19.1 Å². The Bertz CT molecular complexity index is 483.